The van der Waals surface area contributed by atoms with E-state index in [9.17, 15) is 9.59 Å². The van der Waals surface area contributed by atoms with Gasteiger partial charge in [0.15, 0.2) is 5.13 Å². The van der Waals surface area contributed by atoms with Gasteiger partial charge < -0.3 is 9.80 Å². The van der Waals surface area contributed by atoms with Crippen molar-refractivity contribution in [2.75, 3.05) is 38.5 Å². The Balaban J connectivity index is 1.51. The zero-order valence-electron chi connectivity index (χ0n) is 16.0. The highest BCUT2D eigenvalue weighted by atomic mass is 32.1. The monoisotopic (exact) mass is 407 g/mol. The molecule has 1 aliphatic heterocycles. The van der Waals surface area contributed by atoms with Crippen molar-refractivity contribution >= 4 is 28.3 Å². The number of amides is 2. The SMILES string of the molecule is CN1CCN(C(=O)c2ccccc2C(=O)Nc2nc(-c3ccccn3)cs2)CC1. The third-order valence-electron chi connectivity index (χ3n) is 4.84. The molecule has 4 rings (SSSR count). The number of pyridine rings is 1. The molecular weight excluding hydrogens is 386 g/mol. The van der Waals surface area contributed by atoms with E-state index in [0.29, 0.717) is 35.0 Å². The molecule has 29 heavy (non-hydrogen) atoms. The molecule has 2 aromatic heterocycles. The lowest BCUT2D eigenvalue weighted by Crippen LogP contribution is -2.47. The van der Waals surface area contributed by atoms with Crippen molar-refractivity contribution in [3.05, 3.63) is 65.2 Å². The number of anilines is 1. The molecular formula is C21H21N5O2S. The van der Waals surface area contributed by atoms with Crippen molar-refractivity contribution in [1.82, 2.24) is 19.8 Å². The predicted octanol–water partition coefficient (Wildman–Crippen LogP) is 2.85. The molecule has 3 heterocycles. The van der Waals surface area contributed by atoms with Gasteiger partial charge in [0.1, 0.15) is 5.69 Å². The van der Waals surface area contributed by atoms with E-state index in [1.54, 1.807) is 35.4 Å². The van der Waals surface area contributed by atoms with Gasteiger partial charge in [-0.1, -0.05) is 18.2 Å². The van der Waals surface area contributed by atoms with Crippen molar-refractivity contribution < 1.29 is 9.59 Å². The number of thiazole rings is 1. The quantitative estimate of drug-likeness (QED) is 0.720. The lowest BCUT2D eigenvalue weighted by molar-refractivity contribution is 0.0660. The molecule has 148 valence electrons. The maximum absolute atomic E-state index is 13.0. The van der Waals surface area contributed by atoms with Gasteiger partial charge in [-0.25, -0.2) is 4.98 Å². The van der Waals surface area contributed by atoms with Crippen LogP contribution in [0.3, 0.4) is 0 Å². The topological polar surface area (TPSA) is 78.4 Å². The van der Waals surface area contributed by atoms with Crippen molar-refractivity contribution in [2.24, 2.45) is 0 Å². The van der Waals surface area contributed by atoms with E-state index in [2.05, 4.69) is 20.2 Å². The van der Waals surface area contributed by atoms with Gasteiger partial charge >= 0.3 is 0 Å². The Hall–Kier alpha value is -3.10. The first-order valence-corrected chi connectivity index (χ1v) is 10.2. The molecule has 0 aliphatic carbocycles. The van der Waals surface area contributed by atoms with Gasteiger partial charge in [-0.15, -0.1) is 11.3 Å². The van der Waals surface area contributed by atoms with Crippen LogP contribution >= 0.6 is 11.3 Å². The molecule has 0 spiro atoms. The minimum absolute atomic E-state index is 0.114. The predicted molar refractivity (Wildman–Crippen MR) is 113 cm³/mol. The van der Waals surface area contributed by atoms with E-state index >= 15 is 0 Å². The van der Waals surface area contributed by atoms with Crippen LogP contribution in [0, 0.1) is 0 Å². The van der Waals surface area contributed by atoms with Crippen LogP contribution in [0.5, 0.6) is 0 Å². The summed E-state index contributed by atoms with van der Waals surface area (Å²) < 4.78 is 0. The Kier molecular flexibility index (Phi) is 5.64. The maximum atomic E-state index is 13.0. The van der Waals surface area contributed by atoms with E-state index in [4.69, 9.17) is 0 Å². The zero-order chi connectivity index (χ0) is 20.2. The molecule has 2 amide bonds. The fraction of sp³-hybridized carbons (Fsp3) is 0.238. The Bertz CT molecular complexity index is 1010. The second-order valence-electron chi connectivity index (χ2n) is 6.85. The molecule has 1 aliphatic rings. The summed E-state index contributed by atoms with van der Waals surface area (Å²) in [5, 5.41) is 5.13. The molecule has 1 fully saturated rings. The number of aromatic nitrogens is 2. The average Bonchev–Trinajstić information content (AvgIpc) is 3.23. The first-order valence-electron chi connectivity index (χ1n) is 9.37. The van der Waals surface area contributed by atoms with Gasteiger partial charge in [-0.05, 0) is 31.3 Å². The first kappa shape index (κ1) is 19.2. The number of likely N-dealkylation sites (N-methyl/N-ethyl adjacent to an activating group) is 1. The number of carbonyl (C=O) groups excluding carboxylic acids is 2. The minimum Gasteiger partial charge on any atom is -0.336 e. The van der Waals surface area contributed by atoms with E-state index in [1.165, 1.54) is 11.3 Å². The Morgan fingerprint density at radius 2 is 1.69 bits per heavy atom. The van der Waals surface area contributed by atoms with E-state index in [-0.39, 0.29) is 11.8 Å². The molecule has 1 aromatic carbocycles. The van der Waals surface area contributed by atoms with Crippen molar-refractivity contribution in [3.8, 4) is 11.4 Å². The Morgan fingerprint density at radius 3 is 2.41 bits per heavy atom. The molecule has 1 saturated heterocycles. The summed E-state index contributed by atoms with van der Waals surface area (Å²) in [7, 11) is 2.04. The molecule has 8 heteroatoms. The van der Waals surface area contributed by atoms with E-state index in [1.807, 2.05) is 30.6 Å². The molecule has 0 atom stereocenters. The first-order chi connectivity index (χ1) is 14.1. The van der Waals surface area contributed by atoms with Crippen LogP contribution in [0.4, 0.5) is 5.13 Å². The number of hydrogen-bond donors (Lipinski definition) is 1. The summed E-state index contributed by atoms with van der Waals surface area (Å²) in [6, 6.07) is 12.5. The highest BCUT2D eigenvalue weighted by molar-refractivity contribution is 7.14. The van der Waals surface area contributed by atoms with E-state index in [0.717, 1.165) is 18.8 Å². The molecule has 0 radical (unpaired) electrons. The normalized spacial score (nSPS) is 14.6. The largest absolute Gasteiger partial charge is 0.336 e. The highest BCUT2D eigenvalue weighted by Gasteiger charge is 2.24. The van der Waals surface area contributed by atoms with Gasteiger partial charge in [0.2, 0.25) is 0 Å². The maximum Gasteiger partial charge on any atom is 0.258 e. The number of nitrogens with zero attached hydrogens (tertiary/aromatic N) is 4. The second-order valence-corrected chi connectivity index (χ2v) is 7.71. The van der Waals surface area contributed by atoms with Crippen LogP contribution in [0.25, 0.3) is 11.4 Å². The summed E-state index contributed by atoms with van der Waals surface area (Å²) in [5.41, 5.74) is 2.21. The molecule has 7 nitrogen and oxygen atoms in total. The number of nitrogens with one attached hydrogen (secondary N) is 1. The van der Waals surface area contributed by atoms with Crippen molar-refractivity contribution in [2.45, 2.75) is 0 Å². The van der Waals surface area contributed by atoms with Crippen LogP contribution in [-0.2, 0) is 0 Å². The minimum atomic E-state index is -0.343. The second kappa shape index (κ2) is 8.50. The van der Waals surface area contributed by atoms with Crippen LogP contribution in [0.15, 0.2) is 54.0 Å². The van der Waals surface area contributed by atoms with Gasteiger partial charge in [-0.2, -0.15) is 0 Å². The lowest BCUT2D eigenvalue weighted by atomic mass is 10.1. The smallest absolute Gasteiger partial charge is 0.258 e. The summed E-state index contributed by atoms with van der Waals surface area (Å²) in [5.74, 6) is -0.456. The van der Waals surface area contributed by atoms with Crippen LogP contribution < -0.4 is 5.32 Å². The van der Waals surface area contributed by atoms with Gasteiger partial charge in [0, 0.05) is 37.8 Å². The molecule has 3 aromatic rings. The van der Waals surface area contributed by atoms with Gasteiger partial charge in [0.05, 0.1) is 16.8 Å². The van der Waals surface area contributed by atoms with Crippen molar-refractivity contribution in [3.63, 3.8) is 0 Å². The molecule has 1 N–H and O–H groups in total. The van der Waals surface area contributed by atoms with Gasteiger partial charge in [0.25, 0.3) is 11.8 Å². The van der Waals surface area contributed by atoms with Crippen LogP contribution in [0.1, 0.15) is 20.7 Å². The number of rotatable bonds is 4. The van der Waals surface area contributed by atoms with Gasteiger partial charge in [-0.3, -0.25) is 19.9 Å². The third kappa shape index (κ3) is 4.33. The molecule has 0 bridgehead atoms. The fourth-order valence-electron chi connectivity index (χ4n) is 3.18. The number of carbonyl (C=O) groups is 2. The number of benzene rings is 1. The number of hydrogen-bond acceptors (Lipinski definition) is 6. The Labute approximate surface area is 173 Å². The highest BCUT2D eigenvalue weighted by Crippen LogP contribution is 2.24. The average molecular weight is 407 g/mol. The molecule has 0 saturated carbocycles. The van der Waals surface area contributed by atoms with Crippen molar-refractivity contribution in [1.29, 1.82) is 0 Å². The lowest BCUT2D eigenvalue weighted by Gasteiger charge is -2.32. The van der Waals surface area contributed by atoms with Crippen LogP contribution in [0.2, 0.25) is 0 Å². The zero-order valence-corrected chi connectivity index (χ0v) is 16.9. The van der Waals surface area contributed by atoms with Crippen LogP contribution in [-0.4, -0.2) is 64.8 Å². The van der Waals surface area contributed by atoms with E-state index < -0.39 is 0 Å². The number of piperazine rings is 1. The summed E-state index contributed by atoms with van der Waals surface area (Å²) in [6.45, 7) is 2.97. The standard InChI is InChI=1S/C21H21N5O2S/c1-25-10-12-26(13-11-25)20(28)16-7-3-2-6-15(16)19(27)24-21-23-18(14-29-21)17-8-4-5-9-22-17/h2-9,14H,10-13H2,1H3,(H,23,24,27). The molecule has 0 unspecified atom stereocenters. The third-order valence-corrected chi connectivity index (χ3v) is 5.60. The summed E-state index contributed by atoms with van der Waals surface area (Å²) in [4.78, 5) is 38.6. The Morgan fingerprint density at radius 1 is 0.966 bits per heavy atom. The fourth-order valence-corrected chi connectivity index (χ4v) is 3.87. The summed E-state index contributed by atoms with van der Waals surface area (Å²) >= 11 is 1.33. The summed E-state index contributed by atoms with van der Waals surface area (Å²) in [6.07, 6.45) is 1.70.